The van der Waals surface area contributed by atoms with E-state index in [-0.39, 0.29) is 5.82 Å². The molecule has 0 atom stereocenters. The largest absolute Gasteiger partial charge is 0.207 e. The summed E-state index contributed by atoms with van der Waals surface area (Å²) in [4.78, 5) is 0. The van der Waals surface area contributed by atoms with Crippen LogP contribution in [0.2, 0.25) is 0 Å². The van der Waals surface area contributed by atoms with E-state index in [1.807, 2.05) is 0 Å². The SMILES string of the molecule is Cc1cc(C#CCS)ccc1F. The molecule has 0 amide bonds. The average Bonchev–Trinajstić information content (AvgIpc) is 2.07. The van der Waals surface area contributed by atoms with E-state index in [1.54, 1.807) is 19.1 Å². The van der Waals surface area contributed by atoms with Gasteiger partial charge in [0.1, 0.15) is 5.82 Å². The normalized spacial score (nSPS) is 8.92. The number of hydrogen-bond donors (Lipinski definition) is 1. The molecule has 0 N–H and O–H groups in total. The van der Waals surface area contributed by atoms with Crippen LogP contribution in [0.15, 0.2) is 18.2 Å². The summed E-state index contributed by atoms with van der Waals surface area (Å²) in [5.41, 5.74) is 1.46. The second-order valence-corrected chi connectivity index (χ2v) is 2.74. The number of hydrogen-bond acceptors (Lipinski definition) is 1. The average molecular weight is 180 g/mol. The Hall–Kier alpha value is -0.940. The number of halogens is 1. The van der Waals surface area contributed by atoms with Gasteiger partial charge in [-0.15, -0.1) is 0 Å². The van der Waals surface area contributed by atoms with Gasteiger partial charge in [-0.1, -0.05) is 11.8 Å². The van der Waals surface area contributed by atoms with Gasteiger partial charge in [0.25, 0.3) is 0 Å². The summed E-state index contributed by atoms with van der Waals surface area (Å²) >= 11 is 3.95. The Morgan fingerprint density at radius 1 is 1.50 bits per heavy atom. The Bertz CT molecular complexity index is 333. The third-order valence-corrected chi connectivity index (χ3v) is 1.63. The summed E-state index contributed by atoms with van der Waals surface area (Å²) in [5.74, 6) is 6.01. The van der Waals surface area contributed by atoms with Crippen LogP contribution in [0.1, 0.15) is 11.1 Å². The molecule has 0 radical (unpaired) electrons. The Morgan fingerprint density at radius 2 is 2.25 bits per heavy atom. The van der Waals surface area contributed by atoms with Crippen LogP contribution in [0, 0.1) is 24.6 Å². The molecule has 0 aliphatic heterocycles. The van der Waals surface area contributed by atoms with Crippen LogP contribution >= 0.6 is 12.6 Å². The van der Waals surface area contributed by atoms with E-state index in [1.165, 1.54) is 6.07 Å². The highest BCUT2D eigenvalue weighted by Crippen LogP contribution is 2.07. The van der Waals surface area contributed by atoms with Crippen molar-refractivity contribution in [3.8, 4) is 11.8 Å². The lowest BCUT2D eigenvalue weighted by Crippen LogP contribution is -1.83. The van der Waals surface area contributed by atoms with Crippen LogP contribution in [0.25, 0.3) is 0 Å². The number of benzene rings is 1. The van der Waals surface area contributed by atoms with Gasteiger partial charge in [0.15, 0.2) is 0 Å². The summed E-state index contributed by atoms with van der Waals surface area (Å²) in [7, 11) is 0. The van der Waals surface area contributed by atoms with Crippen LogP contribution in [0.3, 0.4) is 0 Å². The lowest BCUT2D eigenvalue weighted by Gasteiger charge is -1.95. The molecular weight excluding hydrogens is 171 g/mol. The molecule has 0 aromatic heterocycles. The first-order valence-electron chi connectivity index (χ1n) is 3.60. The van der Waals surface area contributed by atoms with Crippen molar-refractivity contribution in [1.82, 2.24) is 0 Å². The molecule has 2 heteroatoms. The number of thiol groups is 1. The van der Waals surface area contributed by atoms with Gasteiger partial charge < -0.3 is 0 Å². The van der Waals surface area contributed by atoms with Crippen molar-refractivity contribution in [2.24, 2.45) is 0 Å². The van der Waals surface area contributed by atoms with E-state index in [2.05, 4.69) is 24.5 Å². The van der Waals surface area contributed by atoms with Gasteiger partial charge in [0, 0.05) is 5.56 Å². The summed E-state index contributed by atoms with van der Waals surface area (Å²) in [6, 6.07) is 4.82. The molecule has 1 aromatic carbocycles. The second kappa shape index (κ2) is 4.18. The summed E-state index contributed by atoms with van der Waals surface area (Å²) in [5, 5.41) is 0. The predicted octanol–water partition coefficient (Wildman–Crippen LogP) is 2.42. The van der Waals surface area contributed by atoms with Gasteiger partial charge in [-0.3, -0.25) is 0 Å². The fourth-order valence-electron chi connectivity index (χ4n) is 0.864. The van der Waals surface area contributed by atoms with Crippen molar-refractivity contribution in [2.75, 3.05) is 5.75 Å². The summed E-state index contributed by atoms with van der Waals surface area (Å²) < 4.78 is 12.8. The van der Waals surface area contributed by atoms with Gasteiger partial charge in [-0.2, -0.15) is 12.6 Å². The smallest absolute Gasteiger partial charge is 0.126 e. The van der Waals surface area contributed by atoms with Crippen LogP contribution in [0.5, 0.6) is 0 Å². The first kappa shape index (κ1) is 9.15. The number of aryl methyl sites for hydroxylation is 1. The molecule has 0 nitrogen and oxygen atoms in total. The Balaban J connectivity index is 2.97. The molecule has 0 spiro atoms. The quantitative estimate of drug-likeness (QED) is 0.460. The van der Waals surface area contributed by atoms with Crippen molar-refractivity contribution < 1.29 is 4.39 Å². The van der Waals surface area contributed by atoms with Crippen molar-refractivity contribution in [3.05, 3.63) is 35.1 Å². The molecule has 1 rings (SSSR count). The fourth-order valence-corrected chi connectivity index (χ4v) is 0.943. The minimum absolute atomic E-state index is 0.188. The zero-order chi connectivity index (χ0) is 8.97. The molecule has 0 saturated carbocycles. The van der Waals surface area contributed by atoms with Crippen molar-refractivity contribution in [1.29, 1.82) is 0 Å². The van der Waals surface area contributed by atoms with E-state index in [4.69, 9.17) is 0 Å². The van der Waals surface area contributed by atoms with Crippen LogP contribution in [-0.2, 0) is 0 Å². The Kier molecular flexibility index (Phi) is 3.19. The van der Waals surface area contributed by atoms with Gasteiger partial charge in [0.2, 0.25) is 0 Å². The monoisotopic (exact) mass is 180 g/mol. The van der Waals surface area contributed by atoms with E-state index >= 15 is 0 Å². The lowest BCUT2D eigenvalue weighted by atomic mass is 10.1. The van der Waals surface area contributed by atoms with Crippen molar-refractivity contribution in [2.45, 2.75) is 6.92 Å². The Labute approximate surface area is 77.2 Å². The highest BCUT2D eigenvalue weighted by Gasteiger charge is 1.95. The zero-order valence-electron chi connectivity index (χ0n) is 6.76. The molecule has 0 heterocycles. The van der Waals surface area contributed by atoms with Crippen molar-refractivity contribution >= 4 is 12.6 Å². The second-order valence-electron chi connectivity index (χ2n) is 2.42. The molecule has 1 aromatic rings. The van der Waals surface area contributed by atoms with Crippen LogP contribution in [0.4, 0.5) is 4.39 Å². The molecule has 62 valence electrons. The van der Waals surface area contributed by atoms with E-state index in [0.29, 0.717) is 11.3 Å². The third kappa shape index (κ3) is 2.28. The molecule has 0 unspecified atom stereocenters. The van der Waals surface area contributed by atoms with Gasteiger partial charge in [-0.25, -0.2) is 4.39 Å². The molecule has 0 fully saturated rings. The standard InChI is InChI=1S/C10H9FS/c1-8-7-9(3-2-6-12)4-5-10(8)11/h4-5,7,12H,6H2,1H3. The van der Waals surface area contributed by atoms with Crippen LogP contribution < -0.4 is 0 Å². The van der Waals surface area contributed by atoms with E-state index < -0.39 is 0 Å². The first-order valence-corrected chi connectivity index (χ1v) is 4.23. The molecule has 12 heavy (non-hydrogen) atoms. The maximum absolute atomic E-state index is 12.8. The molecule has 0 saturated heterocycles. The summed E-state index contributed by atoms with van der Waals surface area (Å²) in [6.07, 6.45) is 0. The Morgan fingerprint density at radius 3 is 2.83 bits per heavy atom. The number of rotatable bonds is 0. The fraction of sp³-hybridized carbons (Fsp3) is 0.200. The third-order valence-electron chi connectivity index (χ3n) is 1.47. The van der Waals surface area contributed by atoms with Crippen LogP contribution in [-0.4, -0.2) is 5.75 Å². The first-order chi connectivity index (χ1) is 5.74. The van der Waals surface area contributed by atoms with E-state index in [0.717, 1.165) is 5.56 Å². The zero-order valence-corrected chi connectivity index (χ0v) is 7.66. The maximum Gasteiger partial charge on any atom is 0.126 e. The predicted molar refractivity (Wildman–Crippen MR) is 51.9 cm³/mol. The minimum atomic E-state index is -0.188. The topological polar surface area (TPSA) is 0 Å². The van der Waals surface area contributed by atoms with E-state index in [9.17, 15) is 4.39 Å². The highest BCUT2D eigenvalue weighted by atomic mass is 32.1. The van der Waals surface area contributed by atoms with Gasteiger partial charge in [0.05, 0.1) is 5.75 Å². The van der Waals surface area contributed by atoms with Crippen molar-refractivity contribution in [3.63, 3.8) is 0 Å². The molecular formula is C10H9FS. The van der Waals surface area contributed by atoms with Gasteiger partial charge >= 0.3 is 0 Å². The minimum Gasteiger partial charge on any atom is -0.207 e. The summed E-state index contributed by atoms with van der Waals surface area (Å²) in [6.45, 7) is 1.72. The highest BCUT2D eigenvalue weighted by molar-refractivity contribution is 7.80. The van der Waals surface area contributed by atoms with Gasteiger partial charge in [-0.05, 0) is 30.7 Å². The lowest BCUT2D eigenvalue weighted by molar-refractivity contribution is 0.618. The molecule has 0 aliphatic carbocycles. The maximum atomic E-state index is 12.8. The molecule has 0 bridgehead atoms. The molecule has 0 aliphatic rings.